The van der Waals surface area contributed by atoms with Crippen LogP contribution in [0.25, 0.3) is 0 Å². The first-order valence-corrected chi connectivity index (χ1v) is 6.68. The third kappa shape index (κ3) is 3.65. The molecule has 0 saturated carbocycles. The number of benzene rings is 1. The van der Waals surface area contributed by atoms with Gasteiger partial charge in [-0.15, -0.1) is 11.3 Å². The molecule has 0 aliphatic carbocycles. The van der Waals surface area contributed by atoms with E-state index in [0.717, 1.165) is 17.1 Å². The zero-order valence-corrected chi connectivity index (χ0v) is 11.0. The average molecular weight is 247 g/mol. The molecule has 3 heteroatoms. The Morgan fingerprint density at radius 2 is 2.24 bits per heavy atom. The van der Waals surface area contributed by atoms with Crippen molar-refractivity contribution in [2.24, 2.45) is 0 Å². The number of aromatic nitrogens is 1. The van der Waals surface area contributed by atoms with Crippen LogP contribution in [-0.4, -0.2) is 16.2 Å². The number of nitrogens with zero attached hydrogens (tertiary/aromatic N) is 1. The average Bonchev–Trinajstić information content (AvgIpc) is 2.64. The molecule has 1 aromatic carbocycles. The molecule has 90 valence electrons. The van der Waals surface area contributed by atoms with Crippen LogP contribution in [0.2, 0.25) is 0 Å². The second kappa shape index (κ2) is 5.43. The van der Waals surface area contributed by atoms with Gasteiger partial charge in [0.1, 0.15) is 0 Å². The second-order valence-electron chi connectivity index (χ2n) is 4.45. The number of aliphatic hydroxyl groups is 1. The van der Waals surface area contributed by atoms with Gasteiger partial charge >= 0.3 is 0 Å². The lowest BCUT2D eigenvalue weighted by atomic mass is 10.1. The first-order chi connectivity index (χ1) is 8.13. The van der Waals surface area contributed by atoms with Crippen LogP contribution >= 0.6 is 11.3 Å². The molecule has 0 amide bonds. The summed E-state index contributed by atoms with van der Waals surface area (Å²) >= 11 is 1.67. The van der Waals surface area contributed by atoms with Gasteiger partial charge in [-0.2, -0.15) is 0 Å². The van der Waals surface area contributed by atoms with E-state index in [1.54, 1.807) is 18.3 Å². The molecule has 0 bridgehead atoms. The summed E-state index contributed by atoms with van der Waals surface area (Å²) in [6.45, 7) is 3.89. The fraction of sp³-hybridized carbons (Fsp3) is 0.357. The first kappa shape index (κ1) is 12.3. The van der Waals surface area contributed by atoms with E-state index in [0.29, 0.717) is 6.42 Å². The molecule has 0 saturated heterocycles. The molecule has 17 heavy (non-hydrogen) atoms. The van der Waals surface area contributed by atoms with E-state index in [9.17, 15) is 5.11 Å². The minimum atomic E-state index is -0.316. The minimum absolute atomic E-state index is 0.316. The predicted molar refractivity (Wildman–Crippen MR) is 71.5 cm³/mol. The molecule has 0 aliphatic heterocycles. The van der Waals surface area contributed by atoms with Gasteiger partial charge in [0.05, 0.1) is 16.8 Å². The highest BCUT2D eigenvalue weighted by Crippen LogP contribution is 2.16. The van der Waals surface area contributed by atoms with Crippen LogP contribution in [0.15, 0.2) is 29.6 Å². The van der Waals surface area contributed by atoms with E-state index in [4.69, 9.17) is 0 Å². The summed E-state index contributed by atoms with van der Waals surface area (Å²) in [4.78, 5) is 4.53. The Labute approximate surface area is 106 Å². The Bertz CT molecular complexity index is 490. The van der Waals surface area contributed by atoms with Crippen molar-refractivity contribution in [3.05, 3.63) is 51.5 Å². The highest BCUT2D eigenvalue weighted by molar-refractivity contribution is 7.09. The number of thiazole rings is 1. The quantitative estimate of drug-likeness (QED) is 0.901. The lowest BCUT2D eigenvalue weighted by Gasteiger charge is -2.00. The third-order valence-electron chi connectivity index (χ3n) is 2.54. The molecule has 2 nitrogen and oxygen atoms in total. The molecule has 0 fully saturated rings. The van der Waals surface area contributed by atoms with Crippen LogP contribution < -0.4 is 0 Å². The lowest BCUT2D eigenvalue weighted by Crippen LogP contribution is -2.04. The van der Waals surface area contributed by atoms with Gasteiger partial charge in [-0.3, -0.25) is 0 Å². The molecule has 1 atom stereocenters. The number of aliphatic hydroxyl groups excluding tert-OH is 1. The van der Waals surface area contributed by atoms with Crippen molar-refractivity contribution < 1.29 is 5.11 Å². The fourth-order valence-corrected chi connectivity index (χ4v) is 2.66. The molecule has 0 aliphatic rings. The largest absolute Gasteiger partial charge is 0.393 e. The third-order valence-corrected chi connectivity index (χ3v) is 3.44. The number of hydrogen-bond acceptors (Lipinski definition) is 3. The molecule has 1 unspecified atom stereocenters. The molecule has 1 heterocycles. The predicted octanol–water partition coefficient (Wildman–Crippen LogP) is 2.97. The Morgan fingerprint density at radius 1 is 1.41 bits per heavy atom. The molecule has 1 aromatic heterocycles. The minimum Gasteiger partial charge on any atom is -0.393 e. The Morgan fingerprint density at radius 3 is 2.94 bits per heavy atom. The molecule has 2 aromatic rings. The summed E-state index contributed by atoms with van der Waals surface area (Å²) in [6, 6.07) is 8.50. The zero-order valence-electron chi connectivity index (χ0n) is 10.2. The Hall–Kier alpha value is -1.19. The van der Waals surface area contributed by atoms with Gasteiger partial charge in [-0.1, -0.05) is 29.8 Å². The highest BCUT2D eigenvalue weighted by Gasteiger charge is 2.05. The van der Waals surface area contributed by atoms with Gasteiger partial charge in [-0.25, -0.2) is 4.98 Å². The molecular formula is C14H17NOS. The molecule has 0 spiro atoms. The highest BCUT2D eigenvalue weighted by atomic mass is 32.1. The maximum Gasteiger partial charge on any atom is 0.0972 e. The second-order valence-corrected chi connectivity index (χ2v) is 5.39. The SMILES string of the molecule is Cc1cccc(Cc2nc(CC(C)O)cs2)c1. The van der Waals surface area contributed by atoms with Crippen molar-refractivity contribution in [3.8, 4) is 0 Å². The first-order valence-electron chi connectivity index (χ1n) is 5.80. The number of hydrogen-bond donors (Lipinski definition) is 1. The topological polar surface area (TPSA) is 33.1 Å². The van der Waals surface area contributed by atoms with E-state index in [1.165, 1.54) is 11.1 Å². The van der Waals surface area contributed by atoms with Gasteiger partial charge in [0, 0.05) is 18.2 Å². The standard InChI is InChI=1S/C14H17NOS/c1-10-4-3-5-12(6-10)8-14-15-13(9-17-14)7-11(2)16/h3-6,9,11,16H,7-8H2,1-2H3. The van der Waals surface area contributed by atoms with Crippen molar-refractivity contribution in [1.82, 2.24) is 4.98 Å². The summed E-state index contributed by atoms with van der Waals surface area (Å²) in [5, 5.41) is 12.5. The van der Waals surface area contributed by atoms with Crippen LogP contribution in [0.3, 0.4) is 0 Å². The summed E-state index contributed by atoms with van der Waals surface area (Å²) < 4.78 is 0. The van der Waals surface area contributed by atoms with Crippen LogP contribution in [0.1, 0.15) is 28.8 Å². The summed E-state index contributed by atoms with van der Waals surface area (Å²) in [6.07, 6.45) is 1.21. The summed E-state index contributed by atoms with van der Waals surface area (Å²) in [5.41, 5.74) is 3.57. The van der Waals surface area contributed by atoms with Crippen molar-refractivity contribution in [2.75, 3.05) is 0 Å². The van der Waals surface area contributed by atoms with Gasteiger partial charge in [0.15, 0.2) is 0 Å². The van der Waals surface area contributed by atoms with Crippen LogP contribution in [0, 0.1) is 6.92 Å². The van der Waals surface area contributed by atoms with Gasteiger partial charge < -0.3 is 5.11 Å². The van der Waals surface area contributed by atoms with E-state index in [2.05, 4.69) is 36.2 Å². The van der Waals surface area contributed by atoms with Crippen LogP contribution in [-0.2, 0) is 12.8 Å². The van der Waals surface area contributed by atoms with Crippen molar-refractivity contribution >= 4 is 11.3 Å². The molecule has 1 N–H and O–H groups in total. The molecule has 2 rings (SSSR count). The maximum absolute atomic E-state index is 9.31. The summed E-state index contributed by atoms with van der Waals surface area (Å²) in [7, 11) is 0. The van der Waals surface area contributed by atoms with Crippen molar-refractivity contribution in [2.45, 2.75) is 32.8 Å². The van der Waals surface area contributed by atoms with E-state index in [1.807, 2.05) is 5.38 Å². The van der Waals surface area contributed by atoms with Gasteiger partial charge in [0.2, 0.25) is 0 Å². The summed E-state index contributed by atoms with van der Waals surface area (Å²) in [5.74, 6) is 0. The molecule has 0 radical (unpaired) electrons. The number of aryl methyl sites for hydroxylation is 1. The smallest absolute Gasteiger partial charge is 0.0972 e. The van der Waals surface area contributed by atoms with Crippen LogP contribution in [0.5, 0.6) is 0 Å². The van der Waals surface area contributed by atoms with Crippen LogP contribution in [0.4, 0.5) is 0 Å². The Kier molecular flexibility index (Phi) is 3.92. The molecular weight excluding hydrogens is 230 g/mol. The van der Waals surface area contributed by atoms with E-state index in [-0.39, 0.29) is 6.10 Å². The van der Waals surface area contributed by atoms with E-state index < -0.39 is 0 Å². The fourth-order valence-electron chi connectivity index (χ4n) is 1.82. The van der Waals surface area contributed by atoms with Crippen molar-refractivity contribution in [3.63, 3.8) is 0 Å². The normalized spacial score (nSPS) is 12.6. The number of rotatable bonds is 4. The van der Waals surface area contributed by atoms with Crippen molar-refractivity contribution in [1.29, 1.82) is 0 Å². The monoisotopic (exact) mass is 247 g/mol. The van der Waals surface area contributed by atoms with E-state index >= 15 is 0 Å². The maximum atomic E-state index is 9.31. The van der Waals surface area contributed by atoms with Gasteiger partial charge in [-0.05, 0) is 19.4 Å². The zero-order chi connectivity index (χ0) is 12.3. The lowest BCUT2D eigenvalue weighted by molar-refractivity contribution is 0.194. The Balaban J connectivity index is 2.06. The van der Waals surface area contributed by atoms with Gasteiger partial charge in [0.25, 0.3) is 0 Å².